The number of aliphatic hydroxyl groups is 16. The molecule has 0 aromatic carbocycles. The van der Waals surface area contributed by atoms with Crippen LogP contribution in [0.3, 0.4) is 0 Å². The van der Waals surface area contributed by atoms with Gasteiger partial charge in [-0.2, -0.15) is 0 Å². The molecule has 16 N–H and O–H groups in total. The van der Waals surface area contributed by atoms with Crippen molar-refractivity contribution in [3.05, 3.63) is 0 Å². The van der Waals surface area contributed by atoms with E-state index in [1.807, 2.05) is 41.5 Å². The fourth-order valence-corrected chi connectivity index (χ4v) is 6.66. The molecule has 4 fully saturated rings. The van der Waals surface area contributed by atoms with Crippen LogP contribution >= 0.6 is 0 Å². The molecule has 22 nitrogen and oxygen atoms in total. The second kappa shape index (κ2) is 24.2. The first kappa shape index (κ1) is 59.1. The Balaban J connectivity index is 0.000000414. The molecule has 4 saturated heterocycles. The number of ether oxygens (including phenoxy) is 6. The Kier molecular flexibility index (Phi) is 23.1. The SMILES string of the molecule is CC(C)(C)O[C@@H]1OC(CO)[C@@H](O)[C@H](O)C1O.CC(C)(C)O[C@H]1OC(CO)[C@@H](O)[C@H](O)C1O.CC(C)(C)[C@@H]1OC(CO)[C@@H](O)[C@H](O)C1O.CC(C)(C)[C@@H]1OC(CO)[C@@H](O)[C@H](O)C1O. The van der Waals surface area contributed by atoms with Gasteiger partial charge >= 0.3 is 0 Å². The van der Waals surface area contributed by atoms with Gasteiger partial charge in [-0.1, -0.05) is 41.5 Å². The molecule has 0 aromatic heterocycles. The van der Waals surface area contributed by atoms with E-state index in [1.54, 1.807) is 41.5 Å². The third-order valence-corrected chi connectivity index (χ3v) is 10.1. The lowest BCUT2D eigenvalue weighted by Crippen LogP contribution is -2.61. The summed E-state index contributed by atoms with van der Waals surface area (Å²) in [6, 6.07) is 0. The number of rotatable bonds is 6. The van der Waals surface area contributed by atoms with E-state index >= 15 is 0 Å². The monoisotopic (exact) mass is 913 g/mol. The lowest BCUT2D eigenvalue weighted by molar-refractivity contribution is -0.321. The third-order valence-electron chi connectivity index (χ3n) is 10.1. The van der Waals surface area contributed by atoms with E-state index in [0.717, 1.165) is 0 Å². The maximum atomic E-state index is 9.74. The lowest BCUT2D eigenvalue weighted by Gasteiger charge is -2.45. The minimum atomic E-state index is -1.39. The van der Waals surface area contributed by atoms with Gasteiger partial charge in [0.15, 0.2) is 12.6 Å². The minimum Gasteiger partial charge on any atom is -0.394 e. The van der Waals surface area contributed by atoms with E-state index < -0.39 is 147 Å². The highest BCUT2D eigenvalue weighted by Gasteiger charge is 2.50. The molecular weight excluding hydrogens is 832 g/mol. The molecule has 4 rings (SSSR count). The second-order valence-corrected chi connectivity index (χ2v) is 20.1. The molecule has 20 atom stereocenters. The average molecular weight is 913 g/mol. The molecule has 0 spiro atoms. The summed E-state index contributed by atoms with van der Waals surface area (Å²) in [5.41, 5.74) is -1.86. The predicted octanol–water partition coefficient (Wildman–Crippen LogP) is -5.05. The van der Waals surface area contributed by atoms with Gasteiger partial charge in [0.05, 0.1) is 49.8 Å². The Bertz CT molecular complexity index is 1150. The first-order valence-corrected chi connectivity index (χ1v) is 20.7. The fourth-order valence-electron chi connectivity index (χ4n) is 6.66. The normalized spacial score (nSPS) is 42.0. The maximum Gasteiger partial charge on any atom is 0.187 e. The maximum absolute atomic E-state index is 9.74. The lowest BCUT2D eigenvalue weighted by atomic mass is 9.80. The zero-order chi connectivity index (χ0) is 48.6. The molecule has 62 heavy (non-hydrogen) atoms. The van der Waals surface area contributed by atoms with Crippen LogP contribution < -0.4 is 0 Å². The van der Waals surface area contributed by atoms with Crippen LogP contribution in [0.1, 0.15) is 83.1 Å². The standard InChI is InChI=1S/2C10H20O6.2C10H20O5/c2*1-10(2,3)16-9-8(14)7(13)6(12)5(4-11)15-9;2*1-10(2,3)9-8(14)7(13)6(12)5(4-11)15-9/h2*5-9,11-14H,4H2,1-3H3;2*5-9,11-14H,4H2,1-3H3/t5?,6-,7+,8?,9+;3*5?,6-,7+,8?,9-/m1111/s1. The van der Waals surface area contributed by atoms with Crippen molar-refractivity contribution in [2.45, 2.75) is 217 Å². The summed E-state index contributed by atoms with van der Waals surface area (Å²) in [6.45, 7) is 20.1. The Morgan fingerprint density at radius 2 is 0.516 bits per heavy atom. The summed E-state index contributed by atoms with van der Waals surface area (Å²) < 4.78 is 31.9. The van der Waals surface area contributed by atoms with Gasteiger partial charge in [-0.3, -0.25) is 0 Å². The summed E-state index contributed by atoms with van der Waals surface area (Å²) >= 11 is 0. The Morgan fingerprint density at radius 3 is 0.710 bits per heavy atom. The summed E-state index contributed by atoms with van der Waals surface area (Å²) in [7, 11) is 0. The second-order valence-electron chi connectivity index (χ2n) is 20.1. The van der Waals surface area contributed by atoms with E-state index in [4.69, 9.17) is 48.8 Å². The third kappa shape index (κ3) is 16.8. The van der Waals surface area contributed by atoms with Gasteiger partial charge in [-0.05, 0) is 52.4 Å². The molecule has 0 bridgehead atoms. The van der Waals surface area contributed by atoms with Gasteiger partial charge < -0.3 is 110 Å². The van der Waals surface area contributed by atoms with Crippen molar-refractivity contribution in [1.29, 1.82) is 0 Å². The molecule has 0 aromatic rings. The molecule has 0 amide bonds. The van der Waals surface area contributed by atoms with Gasteiger partial charge in [0.25, 0.3) is 0 Å². The summed E-state index contributed by atoms with van der Waals surface area (Å²) in [4.78, 5) is 0. The van der Waals surface area contributed by atoms with Crippen LogP contribution in [-0.4, -0.2) is 242 Å². The highest BCUT2D eigenvalue weighted by molar-refractivity contribution is 4.97. The molecule has 0 aliphatic carbocycles. The van der Waals surface area contributed by atoms with Crippen molar-refractivity contribution in [2.24, 2.45) is 10.8 Å². The average Bonchev–Trinajstić information content (AvgIpc) is 3.15. The van der Waals surface area contributed by atoms with Crippen molar-refractivity contribution in [3.63, 3.8) is 0 Å². The van der Waals surface area contributed by atoms with Crippen LogP contribution in [0.2, 0.25) is 0 Å². The Hall–Kier alpha value is -0.880. The van der Waals surface area contributed by atoms with Gasteiger partial charge in [-0.15, -0.1) is 0 Å². The first-order valence-electron chi connectivity index (χ1n) is 20.7. The Morgan fingerprint density at radius 1 is 0.306 bits per heavy atom. The highest BCUT2D eigenvalue weighted by atomic mass is 16.7. The van der Waals surface area contributed by atoms with Gasteiger partial charge in [-0.25, -0.2) is 0 Å². The molecule has 4 aliphatic heterocycles. The topological polar surface area (TPSA) is 379 Å². The van der Waals surface area contributed by atoms with E-state index in [0.29, 0.717) is 0 Å². The predicted molar refractivity (Wildman–Crippen MR) is 216 cm³/mol. The molecule has 0 saturated carbocycles. The molecular formula is C40H80O22. The van der Waals surface area contributed by atoms with Crippen molar-refractivity contribution in [3.8, 4) is 0 Å². The highest BCUT2D eigenvalue weighted by Crippen LogP contribution is 2.34. The van der Waals surface area contributed by atoms with Gasteiger partial charge in [0.1, 0.15) is 97.7 Å². The molecule has 0 radical (unpaired) electrons. The minimum absolute atomic E-state index is 0.367. The van der Waals surface area contributed by atoms with E-state index in [2.05, 4.69) is 0 Å². The van der Waals surface area contributed by atoms with Crippen molar-refractivity contribution < 1.29 is 110 Å². The molecule has 22 heteroatoms. The molecule has 4 heterocycles. The van der Waals surface area contributed by atoms with Gasteiger partial charge in [0, 0.05) is 0 Å². The van der Waals surface area contributed by atoms with E-state index in [9.17, 15) is 61.3 Å². The van der Waals surface area contributed by atoms with Crippen LogP contribution in [0.4, 0.5) is 0 Å². The smallest absolute Gasteiger partial charge is 0.187 e. The zero-order valence-electron chi connectivity index (χ0n) is 38.0. The molecule has 372 valence electrons. The summed E-state index contributed by atoms with van der Waals surface area (Å²) in [5.74, 6) is 0. The van der Waals surface area contributed by atoms with Crippen LogP contribution in [0, 0.1) is 10.8 Å². The van der Waals surface area contributed by atoms with Crippen LogP contribution in [-0.2, 0) is 28.4 Å². The molecule has 8 unspecified atom stereocenters. The van der Waals surface area contributed by atoms with Crippen LogP contribution in [0.25, 0.3) is 0 Å². The largest absolute Gasteiger partial charge is 0.394 e. The van der Waals surface area contributed by atoms with Crippen molar-refractivity contribution in [1.82, 2.24) is 0 Å². The summed E-state index contributed by atoms with van der Waals surface area (Å²) in [6.07, 6.45) is -22.3. The number of aliphatic hydroxyl groups excluding tert-OH is 16. The van der Waals surface area contributed by atoms with Crippen molar-refractivity contribution in [2.75, 3.05) is 26.4 Å². The van der Waals surface area contributed by atoms with Crippen molar-refractivity contribution >= 4 is 0 Å². The quantitative estimate of drug-likeness (QED) is 0.119. The first-order chi connectivity index (χ1) is 28.1. The van der Waals surface area contributed by atoms with Gasteiger partial charge in [0.2, 0.25) is 0 Å². The fraction of sp³-hybridized carbons (Fsp3) is 1.00. The Labute approximate surface area is 363 Å². The zero-order valence-corrected chi connectivity index (χ0v) is 38.0. The van der Waals surface area contributed by atoms with Crippen LogP contribution in [0.15, 0.2) is 0 Å². The summed E-state index contributed by atoms with van der Waals surface area (Å²) in [5, 5.41) is 151. The molecule has 4 aliphatic rings. The number of hydrogen-bond acceptors (Lipinski definition) is 22. The van der Waals surface area contributed by atoms with E-state index in [-0.39, 0.29) is 24.0 Å². The van der Waals surface area contributed by atoms with E-state index in [1.165, 1.54) is 0 Å². The number of hydrogen-bond donors (Lipinski definition) is 16. The van der Waals surface area contributed by atoms with Crippen LogP contribution in [0.5, 0.6) is 0 Å².